The molecule has 0 aromatic heterocycles. The summed E-state index contributed by atoms with van der Waals surface area (Å²) in [7, 11) is 1.51. The summed E-state index contributed by atoms with van der Waals surface area (Å²) in [5.41, 5.74) is -0.673. The lowest BCUT2D eigenvalue weighted by Crippen LogP contribution is -2.46. The fraction of sp³-hybridized carbons (Fsp3) is 0.867. The van der Waals surface area contributed by atoms with Crippen LogP contribution in [0.1, 0.15) is 40.5 Å². The highest BCUT2D eigenvalue weighted by molar-refractivity contribution is 7.80. The van der Waals surface area contributed by atoms with Gasteiger partial charge in [0.25, 0.3) is 0 Å². The molecule has 2 amide bonds. The third kappa shape index (κ3) is 11.8. The summed E-state index contributed by atoms with van der Waals surface area (Å²) in [6.45, 7) is 8.68. The summed E-state index contributed by atoms with van der Waals surface area (Å²) in [5.74, 6) is -0.0776. The number of hydrogen-bond donors (Lipinski definition) is 4. The monoisotopic (exact) mass is 336 g/mol. The van der Waals surface area contributed by atoms with Crippen LogP contribution in [0.3, 0.4) is 0 Å². The second-order valence-electron chi connectivity index (χ2n) is 5.65. The Labute approximate surface area is 139 Å². The molecule has 0 unspecified atom stereocenters. The first-order valence-electron chi connectivity index (χ1n) is 7.59. The van der Waals surface area contributed by atoms with Gasteiger partial charge >= 0.3 is 0 Å². The molecule has 0 saturated heterocycles. The van der Waals surface area contributed by atoms with E-state index in [1.807, 2.05) is 0 Å². The highest BCUT2D eigenvalue weighted by Crippen LogP contribution is 2.20. The van der Waals surface area contributed by atoms with E-state index < -0.39 is 17.4 Å². The van der Waals surface area contributed by atoms with Crippen LogP contribution in [0.15, 0.2) is 0 Å². The maximum Gasteiger partial charge on any atom is 0.249 e. The van der Waals surface area contributed by atoms with Gasteiger partial charge < -0.3 is 20.5 Å². The second kappa shape index (κ2) is 13.8. The van der Waals surface area contributed by atoms with Gasteiger partial charge in [-0.2, -0.15) is 12.6 Å². The SMILES string of the molecule is CCC.COCC(C)(C)[C@@H](O)C(=O)NCCC(=O)NCCS. The van der Waals surface area contributed by atoms with Crippen LogP contribution in [0, 0.1) is 5.41 Å². The molecule has 132 valence electrons. The van der Waals surface area contributed by atoms with E-state index in [1.165, 1.54) is 13.5 Å². The molecule has 0 aliphatic rings. The average Bonchev–Trinajstić information content (AvgIpc) is 2.44. The van der Waals surface area contributed by atoms with Crippen molar-refractivity contribution in [3.63, 3.8) is 0 Å². The fourth-order valence-corrected chi connectivity index (χ4v) is 1.60. The Morgan fingerprint density at radius 1 is 1.23 bits per heavy atom. The summed E-state index contributed by atoms with van der Waals surface area (Å²) < 4.78 is 4.95. The number of ether oxygens (including phenoxy) is 1. The van der Waals surface area contributed by atoms with Gasteiger partial charge in [0.15, 0.2) is 0 Å². The van der Waals surface area contributed by atoms with Crippen molar-refractivity contribution in [2.24, 2.45) is 5.41 Å². The molecule has 0 bridgehead atoms. The molecule has 0 heterocycles. The van der Waals surface area contributed by atoms with E-state index in [9.17, 15) is 14.7 Å². The zero-order valence-corrected chi connectivity index (χ0v) is 15.3. The van der Waals surface area contributed by atoms with Gasteiger partial charge in [0, 0.05) is 37.8 Å². The van der Waals surface area contributed by atoms with Crippen molar-refractivity contribution in [3.05, 3.63) is 0 Å². The minimum atomic E-state index is -1.17. The normalized spacial score (nSPS) is 12.0. The molecule has 0 saturated carbocycles. The molecule has 22 heavy (non-hydrogen) atoms. The Hall–Kier alpha value is -0.790. The molecule has 6 nitrogen and oxygen atoms in total. The van der Waals surface area contributed by atoms with Crippen LogP contribution in [0.4, 0.5) is 0 Å². The quantitative estimate of drug-likeness (QED) is 0.473. The summed E-state index contributed by atoms with van der Waals surface area (Å²) in [5, 5.41) is 15.0. The second-order valence-corrected chi connectivity index (χ2v) is 6.09. The maximum atomic E-state index is 11.7. The summed E-state index contributed by atoms with van der Waals surface area (Å²) in [6.07, 6.45) is 0.254. The Morgan fingerprint density at radius 2 is 1.77 bits per heavy atom. The van der Waals surface area contributed by atoms with Crippen LogP contribution in [0.2, 0.25) is 0 Å². The molecule has 0 spiro atoms. The Kier molecular flexibility index (Phi) is 14.8. The maximum absolute atomic E-state index is 11.7. The van der Waals surface area contributed by atoms with Gasteiger partial charge in [-0.1, -0.05) is 34.1 Å². The zero-order chi connectivity index (χ0) is 17.6. The van der Waals surface area contributed by atoms with E-state index >= 15 is 0 Å². The number of hydrogen-bond acceptors (Lipinski definition) is 5. The lowest BCUT2D eigenvalue weighted by molar-refractivity contribution is -0.137. The van der Waals surface area contributed by atoms with Crippen LogP contribution in [-0.2, 0) is 14.3 Å². The Bertz CT molecular complexity index is 312. The Morgan fingerprint density at radius 3 is 2.23 bits per heavy atom. The van der Waals surface area contributed by atoms with Gasteiger partial charge in [0.05, 0.1) is 6.61 Å². The number of rotatable bonds is 9. The topological polar surface area (TPSA) is 87.7 Å². The largest absolute Gasteiger partial charge is 0.384 e. The smallest absolute Gasteiger partial charge is 0.249 e. The summed E-state index contributed by atoms with van der Waals surface area (Å²) >= 11 is 3.97. The average molecular weight is 336 g/mol. The number of aliphatic hydroxyl groups is 1. The molecule has 0 aromatic carbocycles. The number of amides is 2. The molecule has 0 aliphatic heterocycles. The first-order chi connectivity index (χ1) is 10.3. The van der Waals surface area contributed by atoms with Crippen molar-refractivity contribution in [1.29, 1.82) is 0 Å². The van der Waals surface area contributed by atoms with Gasteiger partial charge in [-0.3, -0.25) is 9.59 Å². The summed E-state index contributed by atoms with van der Waals surface area (Å²) in [4.78, 5) is 23.0. The molecule has 7 heteroatoms. The van der Waals surface area contributed by atoms with Gasteiger partial charge in [-0.15, -0.1) is 0 Å². The minimum absolute atomic E-state index is 0.153. The molecular formula is C15H32N2O4S. The van der Waals surface area contributed by atoms with Gasteiger partial charge in [-0.25, -0.2) is 0 Å². The van der Waals surface area contributed by atoms with Crippen LogP contribution in [0.5, 0.6) is 0 Å². The molecule has 3 N–H and O–H groups in total. The molecule has 0 fully saturated rings. The van der Waals surface area contributed by atoms with Crippen molar-refractivity contribution >= 4 is 24.4 Å². The van der Waals surface area contributed by atoms with E-state index in [0.717, 1.165) is 0 Å². The Balaban J connectivity index is 0. The lowest BCUT2D eigenvalue weighted by Gasteiger charge is -2.28. The first kappa shape index (κ1) is 23.5. The van der Waals surface area contributed by atoms with E-state index in [4.69, 9.17) is 4.74 Å². The summed E-state index contributed by atoms with van der Waals surface area (Å²) in [6, 6.07) is 0. The van der Waals surface area contributed by atoms with Crippen LogP contribution in [-0.4, -0.2) is 55.6 Å². The minimum Gasteiger partial charge on any atom is -0.384 e. The van der Waals surface area contributed by atoms with E-state index in [-0.39, 0.29) is 25.5 Å². The fourth-order valence-electron chi connectivity index (χ4n) is 1.49. The van der Waals surface area contributed by atoms with E-state index in [2.05, 4.69) is 37.1 Å². The number of aliphatic hydroxyl groups excluding tert-OH is 1. The predicted octanol–water partition coefficient (Wildman–Crippen LogP) is 0.989. The number of nitrogens with one attached hydrogen (secondary N) is 2. The molecule has 1 atom stereocenters. The lowest BCUT2D eigenvalue weighted by atomic mass is 9.87. The van der Waals surface area contributed by atoms with Gasteiger partial charge in [0.1, 0.15) is 6.10 Å². The number of carbonyl (C=O) groups excluding carboxylic acids is 2. The molecule has 0 aliphatic carbocycles. The first-order valence-corrected chi connectivity index (χ1v) is 8.22. The molecule has 0 aromatic rings. The highest BCUT2D eigenvalue weighted by Gasteiger charge is 2.33. The zero-order valence-electron chi connectivity index (χ0n) is 14.4. The number of thiol groups is 1. The predicted molar refractivity (Wildman–Crippen MR) is 92.1 cm³/mol. The van der Waals surface area contributed by atoms with E-state index in [1.54, 1.807) is 13.8 Å². The van der Waals surface area contributed by atoms with Gasteiger partial charge in [-0.05, 0) is 0 Å². The number of carbonyl (C=O) groups is 2. The van der Waals surface area contributed by atoms with Crippen molar-refractivity contribution in [3.8, 4) is 0 Å². The molecular weight excluding hydrogens is 304 g/mol. The van der Waals surface area contributed by atoms with Crippen molar-refractivity contribution in [2.75, 3.05) is 32.6 Å². The molecule has 0 rings (SSSR count). The number of methoxy groups -OCH3 is 1. The van der Waals surface area contributed by atoms with Crippen molar-refractivity contribution < 1.29 is 19.4 Å². The van der Waals surface area contributed by atoms with Crippen LogP contribution >= 0.6 is 12.6 Å². The molecule has 0 radical (unpaired) electrons. The van der Waals surface area contributed by atoms with Crippen LogP contribution in [0.25, 0.3) is 0 Å². The standard InChI is InChI=1S/C12H24N2O4S.C3H8/c1-12(2,8-18-3)10(16)11(17)14-5-4-9(15)13-6-7-19;1-3-2/h10,16,19H,4-8H2,1-3H3,(H,13,15)(H,14,17);3H2,1-2H3/t10-;/m0./s1. The van der Waals surface area contributed by atoms with Gasteiger partial charge in [0.2, 0.25) is 11.8 Å². The third-order valence-corrected chi connectivity index (χ3v) is 2.81. The highest BCUT2D eigenvalue weighted by atomic mass is 32.1. The van der Waals surface area contributed by atoms with Crippen molar-refractivity contribution in [2.45, 2.75) is 46.6 Å². The van der Waals surface area contributed by atoms with Crippen molar-refractivity contribution in [1.82, 2.24) is 10.6 Å². The van der Waals surface area contributed by atoms with Crippen LogP contribution < -0.4 is 10.6 Å². The van der Waals surface area contributed by atoms with E-state index in [0.29, 0.717) is 12.3 Å². The third-order valence-electron chi connectivity index (χ3n) is 2.59.